The minimum atomic E-state index is 0.440. The lowest BCUT2D eigenvalue weighted by atomic mass is 10.00. The molecule has 0 aliphatic carbocycles. The van der Waals surface area contributed by atoms with E-state index in [-0.39, 0.29) is 0 Å². The van der Waals surface area contributed by atoms with Gasteiger partial charge in [-0.3, -0.25) is 4.68 Å². The van der Waals surface area contributed by atoms with Crippen LogP contribution in [0, 0.1) is 0 Å². The molecule has 0 unspecified atom stereocenters. The first kappa shape index (κ1) is 13.1. The summed E-state index contributed by atoms with van der Waals surface area (Å²) in [6.45, 7) is 4.35. The zero-order valence-corrected chi connectivity index (χ0v) is 12.1. The van der Waals surface area contributed by atoms with Crippen molar-refractivity contribution < 1.29 is 0 Å². The largest absolute Gasteiger partial charge is 0.384 e. The highest BCUT2D eigenvalue weighted by Crippen LogP contribution is 2.26. The van der Waals surface area contributed by atoms with E-state index in [9.17, 15) is 0 Å². The molecule has 0 saturated carbocycles. The van der Waals surface area contributed by atoms with E-state index in [4.69, 9.17) is 5.73 Å². The predicted octanol–water partition coefficient (Wildman–Crippen LogP) is 3.36. The fourth-order valence-electron chi connectivity index (χ4n) is 2.31. The van der Waals surface area contributed by atoms with Crippen LogP contribution in [0.1, 0.15) is 42.3 Å². The lowest BCUT2D eigenvalue weighted by Gasteiger charge is -2.06. The van der Waals surface area contributed by atoms with Gasteiger partial charge in [0.05, 0.1) is 5.69 Å². The molecule has 0 saturated heterocycles. The average molecular weight is 263 g/mol. The van der Waals surface area contributed by atoms with Crippen LogP contribution in [-0.2, 0) is 19.9 Å². The van der Waals surface area contributed by atoms with E-state index in [1.165, 1.54) is 16.1 Å². The second-order valence-corrected chi connectivity index (χ2v) is 5.99. The van der Waals surface area contributed by atoms with Crippen LogP contribution in [0.15, 0.2) is 17.5 Å². The minimum absolute atomic E-state index is 0.440. The molecule has 2 N–H and O–H groups in total. The summed E-state index contributed by atoms with van der Waals surface area (Å²) in [5.74, 6) is 1.26. The molecular weight excluding hydrogens is 242 g/mol. The molecule has 2 aromatic rings. The van der Waals surface area contributed by atoms with Gasteiger partial charge in [0.2, 0.25) is 0 Å². The number of thiophene rings is 1. The summed E-state index contributed by atoms with van der Waals surface area (Å²) in [6, 6.07) is 4.30. The van der Waals surface area contributed by atoms with E-state index in [0.29, 0.717) is 5.92 Å². The maximum Gasteiger partial charge on any atom is 0.125 e. The third-order valence-corrected chi connectivity index (χ3v) is 4.14. The zero-order valence-electron chi connectivity index (χ0n) is 11.3. The van der Waals surface area contributed by atoms with Crippen molar-refractivity contribution in [1.82, 2.24) is 9.78 Å². The SMILES string of the molecule is CC(C)c1c(CCCc2cccs2)nn(C)c1N. The summed E-state index contributed by atoms with van der Waals surface area (Å²) in [4.78, 5) is 1.45. The normalized spacial score (nSPS) is 11.3. The molecule has 0 aliphatic rings. The number of nitrogens with two attached hydrogens (primary N) is 1. The molecule has 0 amide bonds. The van der Waals surface area contributed by atoms with E-state index < -0.39 is 0 Å². The summed E-state index contributed by atoms with van der Waals surface area (Å²) in [6.07, 6.45) is 3.28. The number of anilines is 1. The molecule has 2 heterocycles. The second-order valence-electron chi connectivity index (χ2n) is 4.96. The van der Waals surface area contributed by atoms with E-state index in [0.717, 1.165) is 25.1 Å². The Morgan fingerprint density at radius 1 is 1.39 bits per heavy atom. The van der Waals surface area contributed by atoms with Crippen LogP contribution in [0.4, 0.5) is 5.82 Å². The average Bonchev–Trinajstić information content (AvgIpc) is 2.89. The van der Waals surface area contributed by atoms with Gasteiger partial charge in [-0.15, -0.1) is 11.3 Å². The van der Waals surface area contributed by atoms with Gasteiger partial charge < -0.3 is 5.73 Å². The Morgan fingerprint density at radius 2 is 2.17 bits per heavy atom. The quantitative estimate of drug-likeness (QED) is 0.899. The molecule has 3 nitrogen and oxygen atoms in total. The Kier molecular flexibility index (Phi) is 4.07. The topological polar surface area (TPSA) is 43.8 Å². The van der Waals surface area contributed by atoms with Crippen molar-refractivity contribution in [2.24, 2.45) is 7.05 Å². The smallest absolute Gasteiger partial charge is 0.125 e. The number of hydrogen-bond acceptors (Lipinski definition) is 3. The molecule has 4 heteroatoms. The lowest BCUT2D eigenvalue weighted by Crippen LogP contribution is -2.00. The Bertz CT molecular complexity index is 497. The Hall–Kier alpha value is -1.29. The Labute approximate surface area is 113 Å². The molecule has 2 aromatic heterocycles. The number of nitrogens with zero attached hydrogens (tertiary/aromatic N) is 2. The highest BCUT2D eigenvalue weighted by Gasteiger charge is 2.16. The molecule has 0 aliphatic heterocycles. The number of nitrogen functional groups attached to an aromatic ring is 1. The molecule has 18 heavy (non-hydrogen) atoms. The van der Waals surface area contributed by atoms with Gasteiger partial charge in [-0.1, -0.05) is 19.9 Å². The third-order valence-electron chi connectivity index (χ3n) is 3.20. The van der Waals surface area contributed by atoms with Crippen LogP contribution in [-0.4, -0.2) is 9.78 Å². The highest BCUT2D eigenvalue weighted by atomic mass is 32.1. The maximum absolute atomic E-state index is 6.07. The molecule has 2 rings (SSSR count). The van der Waals surface area contributed by atoms with Crippen LogP contribution >= 0.6 is 11.3 Å². The number of hydrogen-bond donors (Lipinski definition) is 1. The van der Waals surface area contributed by atoms with E-state index in [1.54, 1.807) is 4.68 Å². The van der Waals surface area contributed by atoms with Gasteiger partial charge in [0.25, 0.3) is 0 Å². The molecule has 0 bridgehead atoms. The van der Waals surface area contributed by atoms with Crippen LogP contribution in [0.2, 0.25) is 0 Å². The van der Waals surface area contributed by atoms with Gasteiger partial charge in [0.1, 0.15) is 5.82 Å². The van der Waals surface area contributed by atoms with Gasteiger partial charge in [-0.05, 0) is 36.6 Å². The van der Waals surface area contributed by atoms with Crippen molar-refractivity contribution in [3.63, 3.8) is 0 Å². The van der Waals surface area contributed by atoms with Gasteiger partial charge in [-0.2, -0.15) is 5.10 Å². The number of aryl methyl sites for hydroxylation is 3. The monoisotopic (exact) mass is 263 g/mol. The fourth-order valence-corrected chi connectivity index (χ4v) is 3.06. The molecule has 98 valence electrons. The van der Waals surface area contributed by atoms with Gasteiger partial charge >= 0.3 is 0 Å². The van der Waals surface area contributed by atoms with Crippen LogP contribution < -0.4 is 5.73 Å². The minimum Gasteiger partial charge on any atom is -0.384 e. The summed E-state index contributed by atoms with van der Waals surface area (Å²) >= 11 is 1.83. The fraction of sp³-hybridized carbons (Fsp3) is 0.500. The summed E-state index contributed by atoms with van der Waals surface area (Å²) in [5.41, 5.74) is 8.47. The van der Waals surface area contributed by atoms with Crippen molar-refractivity contribution in [1.29, 1.82) is 0 Å². The van der Waals surface area contributed by atoms with Crippen LogP contribution in [0.3, 0.4) is 0 Å². The summed E-state index contributed by atoms with van der Waals surface area (Å²) in [7, 11) is 1.92. The molecule has 0 aromatic carbocycles. The Balaban J connectivity index is 2.03. The third kappa shape index (κ3) is 2.75. The van der Waals surface area contributed by atoms with Gasteiger partial charge in [-0.25, -0.2) is 0 Å². The van der Waals surface area contributed by atoms with Crippen molar-refractivity contribution >= 4 is 17.2 Å². The van der Waals surface area contributed by atoms with Gasteiger partial charge in [0, 0.05) is 17.5 Å². The van der Waals surface area contributed by atoms with E-state index in [1.807, 2.05) is 18.4 Å². The first-order valence-corrected chi connectivity index (χ1v) is 7.31. The first-order valence-electron chi connectivity index (χ1n) is 6.43. The van der Waals surface area contributed by atoms with Crippen LogP contribution in [0.25, 0.3) is 0 Å². The molecular formula is C14H21N3S. The number of rotatable bonds is 5. The Morgan fingerprint density at radius 3 is 2.78 bits per heavy atom. The number of aromatic nitrogens is 2. The van der Waals surface area contributed by atoms with E-state index >= 15 is 0 Å². The predicted molar refractivity (Wildman–Crippen MR) is 78.1 cm³/mol. The van der Waals surface area contributed by atoms with Gasteiger partial charge in [0.15, 0.2) is 0 Å². The first-order chi connectivity index (χ1) is 8.59. The second kappa shape index (κ2) is 5.57. The summed E-state index contributed by atoms with van der Waals surface area (Å²) in [5, 5.41) is 6.68. The maximum atomic E-state index is 6.07. The lowest BCUT2D eigenvalue weighted by molar-refractivity contribution is 0.723. The highest BCUT2D eigenvalue weighted by molar-refractivity contribution is 7.09. The van der Waals surface area contributed by atoms with Crippen molar-refractivity contribution in [3.05, 3.63) is 33.6 Å². The van der Waals surface area contributed by atoms with Crippen molar-refractivity contribution in [2.45, 2.75) is 39.0 Å². The molecule has 0 radical (unpaired) electrons. The molecule has 0 fully saturated rings. The van der Waals surface area contributed by atoms with Crippen molar-refractivity contribution in [2.75, 3.05) is 5.73 Å². The van der Waals surface area contributed by atoms with Crippen LogP contribution in [0.5, 0.6) is 0 Å². The standard InChI is InChI=1S/C14H21N3S/c1-10(2)13-12(16-17(3)14(13)15)8-4-6-11-7-5-9-18-11/h5,7,9-10H,4,6,8,15H2,1-3H3. The summed E-state index contributed by atoms with van der Waals surface area (Å²) < 4.78 is 1.80. The molecule has 0 spiro atoms. The molecule has 0 atom stereocenters. The van der Waals surface area contributed by atoms with E-state index in [2.05, 4.69) is 36.5 Å². The van der Waals surface area contributed by atoms with Crippen molar-refractivity contribution in [3.8, 4) is 0 Å². The zero-order chi connectivity index (χ0) is 13.1.